The summed E-state index contributed by atoms with van der Waals surface area (Å²) in [5.74, 6) is -0.388. The van der Waals surface area contributed by atoms with E-state index in [4.69, 9.17) is 5.11 Å². The monoisotopic (exact) mass is 279 g/mol. The zero-order chi connectivity index (χ0) is 14.5. The maximum Gasteiger partial charge on any atom is 0.356 e. The first-order chi connectivity index (χ1) is 9.56. The average Bonchev–Trinajstić information content (AvgIpc) is 2.46. The van der Waals surface area contributed by atoms with E-state index in [1.807, 2.05) is 0 Å². The van der Waals surface area contributed by atoms with Crippen molar-refractivity contribution >= 4 is 11.8 Å². The topological polar surface area (TPSA) is 72.8 Å². The lowest BCUT2D eigenvalue weighted by molar-refractivity contribution is 0.0690. The molecular formula is C13H21N5O2. The Kier molecular flexibility index (Phi) is 4.86. The van der Waals surface area contributed by atoms with Gasteiger partial charge in [0.15, 0.2) is 5.69 Å². The summed E-state index contributed by atoms with van der Waals surface area (Å²) in [6.45, 7) is 5.74. The van der Waals surface area contributed by atoms with E-state index in [1.54, 1.807) is 6.20 Å². The number of carboxylic acids is 1. The van der Waals surface area contributed by atoms with Crippen molar-refractivity contribution in [1.29, 1.82) is 0 Å². The maximum absolute atomic E-state index is 10.9. The second kappa shape index (κ2) is 6.62. The Balaban J connectivity index is 1.90. The van der Waals surface area contributed by atoms with Crippen LogP contribution in [-0.2, 0) is 0 Å². The van der Waals surface area contributed by atoms with Gasteiger partial charge in [-0.2, -0.15) is 0 Å². The van der Waals surface area contributed by atoms with Crippen molar-refractivity contribution in [3.8, 4) is 0 Å². The third-order valence-electron chi connectivity index (χ3n) is 3.40. The maximum atomic E-state index is 10.9. The average molecular weight is 279 g/mol. The molecule has 1 saturated heterocycles. The first-order valence-electron chi connectivity index (χ1n) is 6.73. The number of carbonyl (C=O) groups is 1. The van der Waals surface area contributed by atoms with Gasteiger partial charge in [-0.1, -0.05) is 0 Å². The number of likely N-dealkylation sites (N-methyl/N-ethyl adjacent to an activating group) is 1. The van der Waals surface area contributed by atoms with E-state index >= 15 is 0 Å². The van der Waals surface area contributed by atoms with Crippen molar-refractivity contribution in [2.45, 2.75) is 0 Å². The standard InChI is InChI=1S/C13H21N5O2/c1-16(2)3-4-17-5-7-18(8-6-17)12-10-14-9-11(15-12)13(19)20/h9-10H,3-8H2,1-2H3,(H,19,20). The van der Waals surface area contributed by atoms with E-state index in [2.05, 4.69) is 38.8 Å². The molecule has 1 aromatic heterocycles. The molecule has 0 unspecified atom stereocenters. The molecule has 0 radical (unpaired) electrons. The van der Waals surface area contributed by atoms with Crippen LogP contribution in [0.3, 0.4) is 0 Å². The number of aromatic carboxylic acids is 1. The van der Waals surface area contributed by atoms with Gasteiger partial charge in [0.2, 0.25) is 0 Å². The van der Waals surface area contributed by atoms with Gasteiger partial charge in [0.25, 0.3) is 0 Å². The van der Waals surface area contributed by atoms with Crippen molar-refractivity contribution < 1.29 is 9.90 Å². The number of aromatic nitrogens is 2. The summed E-state index contributed by atoms with van der Waals surface area (Å²) in [6.07, 6.45) is 2.90. The van der Waals surface area contributed by atoms with E-state index < -0.39 is 5.97 Å². The number of piperazine rings is 1. The van der Waals surface area contributed by atoms with Gasteiger partial charge < -0.3 is 14.9 Å². The minimum absolute atomic E-state index is 0.00228. The summed E-state index contributed by atoms with van der Waals surface area (Å²) in [4.78, 5) is 25.7. The van der Waals surface area contributed by atoms with Crippen LogP contribution in [-0.4, -0.2) is 84.2 Å². The van der Waals surface area contributed by atoms with Crippen LogP contribution in [0.1, 0.15) is 10.5 Å². The first-order valence-corrected chi connectivity index (χ1v) is 6.73. The Morgan fingerprint density at radius 2 is 2.00 bits per heavy atom. The van der Waals surface area contributed by atoms with E-state index in [0.717, 1.165) is 39.3 Å². The molecule has 1 N–H and O–H groups in total. The molecule has 0 aliphatic carbocycles. The lowest BCUT2D eigenvalue weighted by Gasteiger charge is -2.35. The molecule has 0 atom stereocenters. The lowest BCUT2D eigenvalue weighted by Crippen LogP contribution is -2.48. The summed E-state index contributed by atoms with van der Waals surface area (Å²) >= 11 is 0. The molecule has 20 heavy (non-hydrogen) atoms. The van der Waals surface area contributed by atoms with Crippen molar-refractivity contribution in [3.05, 3.63) is 18.1 Å². The summed E-state index contributed by atoms with van der Waals surface area (Å²) in [6, 6.07) is 0. The molecule has 110 valence electrons. The molecule has 7 nitrogen and oxygen atoms in total. The van der Waals surface area contributed by atoms with E-state index in [9.17, 15) is 4.79 Å². The summed E-state index contributed by atoms with van der Waals surface area (Å²) < 4.78 is 0. The molecule has 0 aromatic carbocycles. The minimum Gasteiger partial charge on any atom is -0.476 e. The molecule has 1 fully saturated rings. The SMILES string of the molecule is CN(C)CCN1CCN(c2cncc(C(=O)O)n2)CC1. The normalized spacial score (nSPS) is 16.6. The summed E-state index contributed by atoms with van der Waals surface area (Å²) in [5, 5.41) is 8.94. The van der Waals surface area contributed by atoms with Crippen LogP contribution in [0.2, 0.25) is 0 Å². The third-order valence-corrected chi connectivity index (χ3v) is 3.40. The number of hydrogen-bond acceptors (Lipinski definition) is 6. The van der Waals surface area contributed by atoms with Crippen molar-refractivity contribution in [3.63, 3.8) is 0 Å². The lowest BCUT2D eigenvalue weighted by atomic mass is 10.3. The Morgan fingerprint density at radius 3 is 2.60 bits per heavy atom. The van der Waals surface area contributed by atoms with Gasteiger partial charge in [0.05, 0.1) is 12.4 Å². The Hall–Kier alpha value is -1.73. The fraction of sp³-hybridized carbons (Fsp3) is 0.615. The quantitative estimate of drug-likeness (QED) is 0.804. The van der Waals surface area contributed by atoms with Crippen molar-refractivity contribution in [2.24, 2.45) is 0 Å². The molecule has 0 amide bonds. The molecule has 2 rings (SSSR count). The zero-order valence-electron chi connectivity index (χ0n) is 12.0. The number of nitrogens with zero attached hydrogens (tertiary/aromatic N) is 5. The summed E-state index contributed by atoms with van der Waals surface area (Å²) in [5.41, 5.74) is -0.00228. The smallest absolute Gasteiger partial charge is 0.356 e. The van der Waals surface area contributed by atoms with Gasteiger partial charge in [-0.15, -0.1) is 0 Å². The summed E-state index contributed by atoms with van der Waals surface area (Å²) in [7, 11) is 4.15. The van der Waals surface area contributed by atoms with Crippen molar-refractivity contribution in [1.82, 2.24) is 19.8 Å². The Morgan fingerprint density at radius 1 is 1.30 bits per heavy atom. The van der Waals surface area contributed by atoms with Crippen LogP contribution in [0, 0.1) is 0 Å². The second-order valence-corrected chi connectivity index (χ2v) is 5.20. The highest BCUT2D eigenvalue weighted by Crippen LogP contribution is 2.12. The highest BCUT2D eigenvalue weighted by molar-refractivity contribution is 5.85. The van der Waals surface area contributed by atoms with Gasteiger partial charge in [-0.05, 0) is 14.1 Å². The van der Waals surface area contributed by atoms with Gasteiger partial charge in [0, 0.05) is 39.3 Å². The molecule has 1 aliphatic rings. The van der Waals surface area contributed by atoms with Gasteiger partial charge in [-0.3, -0.25) is 9.88 Å². The predicted molar refractivity (Wildman–Crippen MR) is 76.2 cm³/mol. The van der Waals surface area contributed by atoms with Gasteiger partial charge >= 0.3 is 5.97 Å². The highest BCUT2D eigenvalue weighted by Gasteiger charge is 2.19. The molecule has 1 aromatic rings. The fourth-order valence-corrected chi connectivity index (χ4v) is 2.15. The fourth-order valence-electron chi connectivity index (χ4n) is 2.15. The number of carboxylic acid groups (broad SMARTS) is 1. The zero-order valence-corrected chi connectivity index (χ0v) is 12.0. The third kappa shape index (κ3) is 3.88. The van der Waals surface area contributed by atoms with E-state index in [-0.39, 0.29) is 5.69 Å². The van der Waals surface area contributed by atoms with Gasteiger partial charge in [0.1, 0.15) is 5.82 Å². The molecule has 1 aliphatic heterocycles. The highest BCUT2D eigenvalue weighted by atomic mass is 16.4. The van der Waals surface area contributed by atoms with Crippen LogP contribution in [0.15, 0.2) is 12.4 Å². The van der Waals surface area contributed by atoms with Crippen LogP contribution in [0.5, 0.6) is 0 Å². The molecule has 0 bridgehead atoms. The Labute approximate surface area is 118 Å². The number of anilines is 1. The van der Waals surface area contributed by atoms with Crippen molar-refractivity contribution in [2.75, 3.05) is 58.3 Å². The van der Waals surface area contributed by atoms with Crippen LogP contribution >= 0.6 is 0 Å². The molecule has 0 saturated carbocycles. The molecule has 7 heteroatoms. The first kappa shape index (κ1) is 14.7. The second-order valence-electron chi connectivity index (χ2n) is 5.20. The number of hydrogen-bond donors (Lipinski definition) is 1. The van der Waals surface area contributed by atoms with E-state index in [1.165, 1.54) is 6.20 Å². The molecule has 2 heterocycles. The van der Waals surface area contributed by atoms with Crippen LogP contribution in [0.4, 0.5) is 5.82 Å². The molecule has 0 spiro atoms. The predicted octanol–water partition coefficient (Wildman–Crippen LogP) is -0.142. The largest absolute Gasteiger partial charge is 0.476 e. The van der Waals surface area contributed by atoms with Crippen LogP contribution < -0.4 is 4.90 Å². The number of rotatable bonds is 5. The molecular weight excluding hydrogens is 258 g/mol. The minimum atomic E-state index is -1.04. The van der Waals surface area contributed by atoms with E-state index in [0.29, 0.717) is 5.82 Å². The Bertz CT molecular complexity index is 458. The van der Waals surface area contributed by atoms with Gasteiger partial charge in [-0.25, -0.2) is 9.78 Å². The van der Waals surface area contributed by atoms with Crippen LogP contribution in [0.25, 0.3) is 0 Å².